The Morgan fingerprint density at radius 2 is 1.46 bits per heavy atom. The van der Waals surface area contributed by atoms with Crippen molar-refractivity contribution in [3.63, 3.8) is 0 Å². The topological polar surface area (TPSA) is 72.9 Å². The van der Waals surface area contributed by atoms with Crippen LogP contribution in [0.2, 0.25) is 0 Å². The first-order valence-electron chi connectivity index (χ1n) is 7.40. The fourth-order valence-corrected chi connectivity index (χ4v) is 2.47. The van der Waals surface area contributed by atoms with E-state index in [2.05, 4.69) is 0 Å². The van der Waals surface area contributed by atoms with Crippen LogP contribution in [0.15, 0.2) is 48.5 Å². The summed E-state index contributed by atoms with van der Waals surface area (Å²) in [5, 5.41) is 0. The molecule has 2 aromatic carbocycles. The number of nitrogens with zero attached hydrogens (tertiary/aromatic N) is 1. The Balaban J connectivity index is 1.59. The minimum atomic E-state index is -0.517. The zero-order valence-electron chi connectivity index (χ0n) is 13.0. The van der Waals surface area contributed by atoms with Gasteiger partial charge in [-0.25, -0.2) is 0 Å². The minimum absolute atomic E-state index is 0.0126. The van der Waals surface area contributed by atoms with Gasteiger partial charge in [0.25, 0.3) is 11.8 Å². The van der Waals surface area contributed by atoms with Gasteiger partial charge in [0.1, 0.15) is 11.5 Å². The third-order valence-corrected chi connectivity index (χ3v) is 3.71. The van der Waals surface area contributed by atoms with Crippen LogP contribution in [0.3, 0.4) is 0 Å². The van der Waals surface area contributed by atoms with Crippen molar-refractivity contribution in [2.75, 3.05) is 13.7 Å². The molecule has 0 atom stereocenters. The van der Waals surface area contributed by atoms with Crippen molar-refractivity contribution in [1.29, 1.82) is 0 Å². The number of rotatable bonds is 5. The zero-order valence-corrected chi connectivity index (χ0v) is 13.0. The lowest BCUT2D eigenvalue weighted by atomic mass is 10.1. The number of hydrogen-bond donors (Lipinski definition) is 0. The van der Waals surface area contributed by atoms with Crippen LogP contribution >= 0.6 is 0 Å². The lowest BCUT2D eigenvalue weighted by Gasteiger charge is -2.13. The Morgan fingerprint density at radius 1 is 0.917 bits per heavy atom. The molecule has 1 heterocycles. The van der Waals surface area contributed by atoms with Crippen LogP contribution in [0.5, 0.6) is 11.5 Å². The summed E-state index contributed by atoms with van der Waals surface area (Å²) < 4.78 is 10.2. The number of hydrogen-bond acceptors (Lipinski definition) is 5. The Hall–Kier alpha value is -3.15. The molecule has 24 heavy (non-hydrogen) atoms. The Kier molecular flexibility index (Phi) is 4.29. The highest BCUT2D eigenvalue weighted by atomic mass is 16.5. The molecule has 6 nitrogen and oxygen atoms in total. The van der Waals surface area contributed by atoms with Crippen molar-refractivity contribution >= 4 is 17.8 Å². The zero-order chi connectivity index (χ0) is 17.1. The number of methoxy groups -OCH3 is 1. The van der Waals surface area contributed by atoms with Gasteiger partial charge in [-0.15, -0.1) is 0 Å². The van der Waals surface area contributed by atoms with E-state index < -0.39 is 5.97 Å². The van der Waals surface area contributed by atoms with Gasteiger partial charge in [-0.1, -0.05) is 12.1 Å². The smallest absolute Gasteiger partial charge is 0.312 e. The molecule has 0 unspecified atom stereocenters. The molecule has 0 saturated heterocycles. The van der Waals surface area contributed by atoms with Crippen LogP contribution in [0, 0.1) is 0 Å². The molecule has 1 aliphatic heterocycles. The number of amides is 2. The molecular weight excluding hydrogens is 310 g/mol. The number of carbonyl (C=O) groups is 3. The maximum absolute atomic E-state index is 12.2. The SMILES string of the molecule is COc1ccc(OC(=O)CCN2C(=O)c3ccccc3C2=O)cc1. The van der Waals surface area contributed by atoms with E-state index in [1.54, 1.807) is 55.6 Å². The molecule has 0 aromatic heterocycles. The predicted octanol–water partition coefficient (Wildman–Crippen LogP) is 2.29. The van der Waals surface area contributed by atoms with Crippen molar-refractivity contribution in [3.05, 3.63) is 59.7 Å². The monoisotopic (exact) mass is 325 g/mol. The van der Waals surface area contributed by atoms with Gasteiger partial charge in [0.15, 0.2) is 0 Å². The lowest BCUT2D eigenvalue weighted by Crippen LogP contribution is -2.32. The second kappa shape index (κ2) is 6.54. The van der Waals surface area contributed by atoms with Gasteiger partial charge in [-0.05, 0) is 36.4 Å². The van der Waals surface area contributed by atoms with Gasteiger partial charge in [0.05, 0.1) is 24.7 Å². The molecular formula is C18H15NO5. The molecule has 1 aliphatic rings. The van der Waals surface area contributed by atoms with Crippen molar-refractivity contribution in [2.45, 2.75) is 6.42 Å². The van der Waals surface area contributed by atoms with E-state index in [1.165, 1.54) is 0 Å². The van der Waals surface area contributed by atoms with Crippen LogP contribution in [0.25, 0.3) is 0 Å². The third kappa shape index (κ3) is 2.99. The molecule has 0 spiro atoms. The van der Waals surface area contributed by atoms with Crippen molar-refractivity contribution in [1.82, 2.24) is 4.90 Å². The van der Waals surface area contributed by atoms with Crippen LogP contribution in [0.1, 0.15) is 27.1 Å². The highest BCUT2D eigenvalue weighted by molar-refractivity contribution is 6.21. The van der Waals surface area contributed by atoms with Gasteiger partial charge in [0, 0.05) is 6.54 Å². The van der Waals surface area contributed by atoms with Crippen molar-refractivity contribution in [3.8, 4) is 11.5 Å². The maximum Gasteiger partial charge on any atom is 0.312 e. The number of imide groups is 1. The summed E-state index contributed by atoms with van der Waals surface area (Å²) in [6.07, 6.45) is -0.0719. The quantitative estimate of drug-likeness (QED) is 0.479. The van der Waals surface area contributed by atoms with E-state index in [0.29, 0.717) is 22.6 Å². The van der Waals surface area contributed by atoms with Gasteiger partial charge < -0.3 is 9.47 Å². The van der Waals surface area contributed by atoms with Gasteiger partial charge >= 0.3 is 5.97 Å². The van der Waals surface area contributed by atoms with Crippen LogP contribution in [0.4, 0.5) is 0 Å². The second-order valence-corrected chi connectivity index (χ2v) is 5.21. The normalized spacial score (nSPS) is 13.0. The maximum atomic E-state index is 12.2. The van der Waals surface area contributed by atoms with Gasteiger partial charge in [0.2, 0.25) is 0 Å². The number of benzene rings is 2. The summed E-state index contributed by atoms with van der Waals surface area (Å²) in [6.45, 7) is -0.0126. The standard InChI is InChI=1S/C18H15NO5/c1-23-12-6-8-13(9-7-12)24-16(20)10-11-19-17(21)14-4-2-3-5-15(14)18(19)22/h2-9H,10-11H2,1H3. The van der Waals surface area contributed by atoms with E-state index in [4.69, 9.17) is 9.47 Å². The highest BCUT2D eigenvalue weighted by Gasteiger charge is 2.35. The summed E-state index contributed by atoms with van der Waals surface area (Å²) in [4.78, 5) is 37.4. The summed E-state index contributed by atoms with van der Waals surface area (Å²) in [6, 6.07) is 13.2. The number of ether oxygens (including phenoxy) is 2. The Bertz CT molecular complexity index is 762. The van der Waals surface area contributed by atoms with E-state index in [9.17, 15) is 14.4 Å². The Labute approximate surface area is 138 Å². The molecule has 0 fully saturated rings. The molecule has 0 aliphatic carbocycles. The number of carbonyl (C=O) groups excluding carboxylic acids is 3. The first-order chi connectivity index (χ1) is 11.6. The second-order valence-electron chi connectivity index (χ2n) is 5.21. The highest BCUT2D eigenvalue weighted by Crippen LogP contribution is 2.23. The van der Waals surface area contributed by atoms with Crippen LogP contribution < -0.4 is 9.47 Å². The van der Waals surface area contributed by atoms with E-state index in [0.717, 1.165) is 4.90 Å². The summed E-state index contributed by atoms with van der Waals surface area (Å²) >= 11 is 0. The molecule has 2 aromatic rings. The molecule has 3 rings (SSSR count). The van der Waals surface area contributed by atoms with Gasteiger partial charge in [-0.3, -0.25) is 19.3 Å². The fourth-order valence-electron chi connectivity index (χ4n) is 2.47. The van der Waals surface area contributed by atoms with E-state index in [-0.39, 0.29) is 24.8 Å². The molecule has 6 heteroatoms. The molecule has 0 saturated carbocycles. The lowest BCUT2D eigenvalue weighted by molar-refractivity contribution is -0.134. The fraction of sp³-hybridized carbons (Fsp3) is 0.167. The average molecular weight is 325 g/mol. The van der Waals surface area contributed by atoms with Crippen molar-refractivity contribution in [2.24, 2.45) is 0 Å². The van der Waals surface area contributed by atoms with Crippen LogP contribution in [-0.4, -0.2) is 36.3 Å². The summed E-state index contributed by atoms with van der Waals surface area (Å²) in [5.41, 5.74) is 0.733. The van der Waals surface area contributed by atoms with Gasteiger partial charge in [-0.2, -0.15) is 0 Å². The third-order valence-electron chi connectivity index (χ3n) is 3.71. The van der Waals surface area contributed by atoms with E-state index in [1.807, 2.05) is 0 Å². The summed E-state index contributed by atoms with van der Waals surface area (Å²) in [7, 11) is 1.54. The predicted molar refractivity (Wildman–Crippen MR) is 85.1 cm³/mol. The molecule has 2 amide bonds. The first kappa shape index (κ1) is 15.7. The molecule has 0 N–H and O–H groups in total. The Morgan fingerprint density at radius 3 is 2.00 bits per heavy atom. The first-order valence-corrected chi connectivity index (χ1v) is 7.40. The molecule has 0 radical (unpaired) electrons. The van der Waals surface area contributed by atoms with Crippen LogP contribution in [-0.2, 0) is 4.79 Å². The molecule has 0 bridgehead atoms. The van der Waals surface area contributed by atoms with E-state index >= 15 is 0 Å². The number of esters is 1. The summed E-state index contributed by atoms with van der Waals surface area (Å²) in [5.74, 6) is -0.249. The minimum Gasteiger partial charge on any atom is -0.497 e. The molecule has 122 valence electrons. The average Bonchev–Trinajstić information content (AvgIpc) is 2.85. The number of fused-ring (bicyclic) bond motifs is 1. The van der Waals surface area contributed by atoms with Crippen molar-refractivity contribution < 1.29 is 23.9 Å². The largest absolute Gasteiger partial charge is 0.497 e.